The lowest BCUT2D eigenvalue weighted by atomic mass is 10.00. The predicted molar refractivity (Wildman–Crippen MR) is 73.1 cm³/mol. The summed E-state index contributed by atoms with van der Waals surface area (Å²) in [7, 11) is 0. The maximum Gasteiger partial charge on any atom is 0.224 e. The molecule has 0 aliphatic heterocycles. The van der Waals surface area contributed by atoms with Crippen molar-refractivity contribution in [3.05, 3.63) is 0 Å². The second kappa shape index (κ2) is 8.08. The van der Waals surface area contributed by atoms with Crippen LogP contribution in [-0.4, -0.2) is 41.9 Å². The summed E-state index contributed by atoms with van der Waals surface area (Å²) in [5.41, 5.74) is 5.47. The molecule has 0 fully saturated rings. The summed E-state index contributed by atoms with van der Waals surface area (Å²) in [6.45, 7) is 9.51. The van der Waals surface area contributed by atoms with Crippen LogP contribution in [0, 0.1) is 0 Å². The Morgan fingerprint density at radius 3 is 2.17 bits per heavy atom. The molecule has 106 valence electrons. The van der Waals surface area contributed by atoms with E-state index in [1.807, 2.05) is 27.7 Å². The summed E-state index contributed by atoms with van der Waals surface area (Å²) in [6.07, 6.45) is 1.41. The third-order valence-corrected chi connectivity index (χ3v) is 2.77. The topological polar surface area (TPSA) is 75.4 Å². The van der Waals surface area contributed by atoms with Gasteiger partial charge in [-0.05, 0) is 34.1 Å². The van der Waals surface area contributed by atoms with Crippen molar-refractivity contribution in [2.24, 2.45) is 5.73 Å². The van der Waals surface area contributed by atoms with Crippen molar-refractivity contribution in [2.75, 3.05) is 19.6 Å². The number of carbonyl (C=O) groups excluding carboxylic acids is 2. The summed E-state index contributed by atoms with van der Waals surface area (Å²) >= 11 is 0. The highest BCUT2D eigenvalue weighted by atomic mass is 16.2. The van der Waals surface area contributed by atoms with E-state index in [0.29, 0.717) is 38.9 Å². The number of nitrogens with one attached hydrogen (secondary N) is 1. The quantitative estimate of drug-likeness (QED) is 0.677. The van der Waals surface area contributed by atoms with Gasteiger partial charge in [0.25, 0.3) is 0 Å². The number of nitrogens with zero attached hydrogens (tertiary/aromatic N) is 1. The Morgan fingerprint density at radius 2 is 1.72 bits per heavy atom. The highest BCUT2D eigenvalue weighted by Crippen LogP contribution is 2.06. The summed E-state index contributed by atoms with van der Waals surface area (Å²) in [4.78, 5) is 24.9. The molecule has 0 saturated carbocycles. The van der Waals surface area contributed by atoms with Crippen LogP contribution in [0.3, 0.4) is 0 Å². The van der Waals surface area contributed by atoms with Crippen molar-refractivity contribution in [1.82, 2.24) is 10.2 Å². The lowest BCUT2D eigenvalue weighted by molar-refractivity contribution is -0.130. The monoisotopic (exact) mass is 257 g/mol. The molecule has 0 aromatic heterocycles. The molecule has 5 heteroatoms. The Balaban J connectivity index is 3.78. The van der Waals surface area contributed by atoms with E-state index >= 15 is 0 Å². The molecule has 0 saturated heterocycles. The molecule has 0 radical (unpaired) electrons. The fourth-order valence-corrected chi connectivity index (χ4v) is 1.57. The zero-order valence-corrected chi connectivity index (χ0v) is 12.1. The minimum atomic E-state index is -0.325. The molecule has 2 amide bonds. The Hall–Kier alpha value is -1.10. The SMILES string of the molecule is CCN(CC)C(=O)CCNC(=O)CCC(C)(C)N. The molecule has 0 spiro atoms. The van der Waals surface area contributed by atoms with E-state index in [4.69, 9.17) is 5.73 Å². The molecule has 18 heavy (non-hydrogen) atoms. The molecule has 0 aliphatic rings. The van der Waals surface area contributed by atoms with Gasteiger partial charge in [-0.15, -0.1) is 0 Å². The van der Waals surface area contributed by atoms with Gasteiger partial charge in [-0.1, -0.05) is 0 Å². The minimum absolute atomic E-state index is 0.0409. The van der Waals surface area contributed by atoms with E-state index in [-0.39, 0.29) is 17.4 Å². The van der Waals surface area contributed by atoms with Gasteiger partial charge in [0.2, 0.25) is 11.8 Å². The molecule has 0 bridgehead atoms. The molecule has 3 N–H and O–H groups in total. The van der Waals surface area contributed by atoms with Crippen molar-refractivity contribution >= 4 is 11.8 Å². The smallest absolute Gasteiger partial charge is 0.224 e. The number of carbonyl (C=O) groups is 2. The Kier molecular flexibility index (Phi) is 7.59. The summed E-state index contributed by atoms with van der Waals surface area (Å²) < 4.78 is 0. The molecule has 0 aliphatic carbocycles. The van der Waals surface area contributed by atoms with Gasteiger partial charge in [0.1, 0.15) is 0 Å². The van der Waals surface area contributed by atoms with Crippen LogP contribution in [0.5, 0.6) is 0 Å². The third kappa shape index (κ3) is 8.06. The van der Waals surface area contributed by atoms with Crippen molar-refractivity contribution in [3.63, 3.8) is 0 Å². The molecule has 0 heterocycles. The van der Waals surface area contributed by atoms with E-state index in [1.54, 1.807) is 4.90 Å². The average molecular weight is 257 g/mol. The van der Waals surface area contributed by atoms with Gasteiger partial charge in [0.15, 0.2) is 0 Å². The van der Waals surface area contributed by atoms with Crippen LogP contribution >= 0.6 is 0 Å². The molecular formula is C13H27N3O2. The van der Waals surface area contributed by atoms with Gasteiger partial charge in [0, 0.05) is 38.0 Å². The molecule has 0 aromatic carbocycles. The van der Waals surface area contributed by atoms with Crippen LogP contribution in [0.1, 0.15) is 47.0 Å². The van der Waals surface area contributed by atoms with Crippen molar-refractivity contribution < 1.29 is 9.59 Å². The maximum atomic E-state index is 11.7. The van der Waals surface area contributed by atoms with E-state index in [0.717, 1.165) is 0 Å². The standard InChI is InChI=1S/C13H27N3O2/c1-5-16(6-2)12(18)8-10-15-11(17)7-9-13(3,4)14/h5-10,14H2,1-4H3,(H,15,17). The lowest BCUT2D eigenvalue weighted by Gasteiger charge is -2.19. The largest absolute Gasteiger partial charge is 0.356 e. The van der Waals surface area contributed by atoms with Gasteiger partial charge in [0.05, 0.1) is 0 Å². The van der Waals surface area contributed by atoms with Gasteiger partial charge in [-0.25, -0.2) is 0 Å². The van der Waals surface area contributed by atoms with Crippen LogP contribution in [0.15, 0.2) is 0 Å². The summed E-state index contributed by atoms with van der Waals surface area (Å²) in [5, 5.41) is 2.75. The van der Waals surface area contributed by atoms with Gasteiger partial charge in [-0.2, -0.15) is 0 Å². The van der Waals surface area contributed by atoms with Crippen LogP contribution in [-0.2, 0) is 9.59 Å². The first-order valence-corrected chi connectivity index (χ1v) is 6.63. The average Bonchev–Trinajstić information content (AvgIpc) is 2.27. The fraction of sp³-hybridized carbons (Fsp3) is 0.846. The zero-order chi connectivity index (χ0) is 14.2. The van der Waals surface area contributed by atoms with E-state index in [9.17, 15) is 9.59 Å². The van der Waals surface area contributed by atoms with Crippen LogP contribution in [0.2, 0.25) is 0 Å². The van der Waals surface area contributed by atoms with Crippen LogP contribution in [0.4, 0.5) is 0 Å². The second-order valence-corrected chi connectivity index (χ2v) is 5.15. The zero-order valence-electron chi connectivity index (χ0n) is 12.1. The normalized spacial score (nSPS) is 11.2. The first-order chi connectivity index (χ1) is 8.30. The Bertz CT molecular complexity index is 268. The lowest BCUT2D eigenvalue weighted by Crippen LogP contribution is -2.36. The van der Waals surface area contributed by atoms with Crippen LogP contribution in [0.25, 0.3) is 0 Å². The molecule has 5 nitrogen and oxygen atoms in total. The number of rotatable bonds is 8. The van der Waals surface area contributed by atoms with E-state index in [2.05, 4.69) is 5.32 Å². The Labute approximate surface area is 110 Å². The third-order valence-electron chi connectivity index (χ3n) is 2.77. The summed E-state index contributed by atoms with van der Waals surface area (Å²) in [6, 6.07) is 0. The van der Waals surface area contributed by atoms with Crippen molar-refractivity contribution in [3.8, 4) is 0 Å². The predicted octanol–water partition coefficient (Wildman–Crippen LogP) is 0.879. The second-order valence-electron chi connectivity index (χ2n) is 5.15. The Morgan fingerprint density at radius 1 is 1.17 bits per heavy atom. The molecule has 0 unspecified atom stereocenters. The van der Waals surface area contributed by atoms with Crippen molar-refractivity contribution in [2.45, 2.75) is 52.5 Å². The number of amides is 2. The number of hydrogen-bond donors (Lipinski definition) is 2. The highest BCUT2D eigenvalue weighted by Gasteiger charge is 2.14. The van der Waals surface area contributed by atoms with E-state index in [1.165, 1.54) is 0 Å². The molecule has 0 rings (SSSR count). The van der Waals surface area contributed by atoms with Gasteiger partial charge < -0.3 is 16.0 Å². The molecule has 0 atom stereocenters. The minimum Gasteiger partial charge on any atom is -0.356 e. The first-order valence-electron chi connectivity index (χ1n) is 6.63. The maximum absolute atomic E-state index is 11.7. The highest BCUT2D eigenvalue weighted by molar-refractivity contribution is 5.79. The first kappa shape index (κ1) is 16.9. The number of nitrogens with two attached hydrogens (primary N) is 1. The molecular weight excluding hydrogens is 230 g/mol. The molecule has 0 aromatic rings. The van der Waals surface area contributed by atoms with Crippen LogP contribution < -0.4 is 11.1 Å². The van der Waals surface area contributed by atoms with Gasteiger partial charge >= 0.3 is 0 Å². The fourth-order valence-electron chi connectivity index (χ4n) is 1.57. The van der Waals surface area contributed by atoms with E-state index < -0.39 is 0 Å². The van der Waals surface area contributed by atoms with Gasteiger partial charge in [-0.3, -0.25) is 9.59 Å². The number of hydrogen-bond acceptors (Lipinski definition) is 3. The van der Waals surface area contributed by atoms with Crippen molar-refractivity contribution in [1.29, 1.82) is 0 Å². The summed E-state index contributed by atoms with van der Waals surface area (Å²) in [5.74, 6) is 0.0420.